The van der Waals surface area contributed by atoms with Crippen molar-refractivity contribution < 1.29 is 0 Å². The van der Waals surface area contributed by atoms with Gasteiger partial charge in [-0.05, 0) is 12.6 Å². The quantitative estimate of drug-likeness (QED) is 0.717. The highest BCUT2D eigenvalue weighted by Crippen LogP contribution is 2.05. The Hall–Kier alpha value is -0.440. The molecular formula is C8H15BrN2. The van der Waals surface area contributed by atoms with Gasteiger partial charge < -0.3 is 9.80 Å². The summed E-state index contributed by atoms with van der Waals surface area (Å²) in [4.78, 5) is 4.33. The molecule has 0 radical (unpaired) electrons. The van der Waals surface area contributed by atoms with Crippen LogP contribution in [0.1, 0.15) is 13.3 Å². The average Bonchev–Trinajstić information content (AvgIpc) is 2.37. The topological polar surface area (TPSA) is 6.48 Å². The Balaban J connectivity index is 0.000001000. The number of hydrogen-bond donors (Lipinski definition) is 0. The molecule has 0 amide bonds. The van der Waals surface area contributed by atoms with E-state index in [0.29, 0.717) is 0 Å². The monoisotopic (exact) mass is 218 g/mol. The highest BCUT2D eigenvalue weighted by Gasteiger charge is 2.06. The summed E-state index contributed by atoms with van der Waals surface area (Å²) < 4.78 is 0. The largest absolute Gasteiger partial charge is 0.358 e. The van der Waals surface area contributed by atoms with Gasteiger partial charge in [0.1, 0.15) is 0 Å². The zero-order chi connectivity index (χ0) is 7.40. The van der Waals surface area contributed by atoms with E-state index in [0.717, 1.165) is 13.2 Å². The molecule has 0 aromatic carbocycles. The van der Waals surface area contributed by atoms with Gasteiger partial charge >= 0.3 is 0 Å². The smallest absolute Gasteiger partial charge is 0.0935 e. The molecule has 0 spiro atoms. The minimum atomic E-state index is 0. The zero-order valence-electron chi connectivity index (χ0n) is 6.86. The van der Waals surface area contributed by atoms with E-state index in [1.165, 1.54) is 6.42 Å². The fraction of sp³-hybridized carbons (Fsp3) is 0.500. The molecule has 0 aliphatic carbocycles. The summed E-state index contributed by atoms with van der Waals surface area (Å²) in [6, 6.07) is 0. The van der Waals surface area contributed by atoms with Gasteiger partial charge in [-0.25, -0.2) is 0 Å². The Kier molecular flexibility index (Phi) is 5.03. The predicted octanol–water partition coefficient (Wildman–Crippen LogP) is 2.16. The minimum absolute atomic E-state index is 0. The van der Waals surface area contributed by atoms with Crippen LogP contribution >= 0.6 is 17.0 Å². The van der Waals surface area contributed by atoms with E-state index in [1.54, 1.807) is 0 Å². The molecule has 0 saturated carbocycles. The second-order valence-corrected chi connectivity index (χ2v) is 2.45. The van der Waals surface area contributed by atoms with Crippen molar-refractivity contribution >= 4 is 17.0 Å². The number of nitrogens with zero attached hydrogens (tertiary/aromatic N) is 2. The molecule has 0 aromatic heterocycles. The summed E-state index contributed by atoms with van der Waals surface area (Å²) in [5.74, 6) is 0. The molecule has 0 bridgehead atoms. The maximum Gasteiger partial charge on any atom is 0.0935 e. The van der Waals surface area contributed by atoms with Gasteiger partial charge in [-0.3, -0.25) is 0 Å². The van der Waals surface area contributed by atoms with Crippen molar-refractivity contribution in [3.63, 3.8) is 0 Å². The predicted molar refractivity (Wildman–Crippen MR) is 53.4 cm³/mol. The van der Waals surface area contributed by atoms with Crippen LogP contribution in [0.3, 0.4) is 0 Å². The van der Waals surface area contributed by atoms with Gasteiger partial charge in [-0.1, -0.05) is 13.5 Å². The number of halogens is 1. The van der Waals surface area contributed by atoms with Crippen molar-refractivity contribution in [2.75, 3.05) is 13.2 Å². The van der Waals surface area contributed by atoms with Crippen LogP contribution in [-0.4, -0.2) is 23.0 Å². The first kappa shape index (κ1) is 10.6. The summed E-state index contributed by atoms with van der Waals surface area (Å²) >= 11 is 0. The van der Waals surface area contributed by atoms with Gasteiger partial charge in [-0.15, -0.1) is 17.0 Å². The average molecular weight is 219 g/mol. The molecule has 11 heavy (non-hydrogen) atoms. The fourth-order valence-electron chi connectivity index (χ4n) is 1.03. The lowest BCUT2D eigenvalue weighted by atomic mass is 10.4. The van der Waals surface area contributed by atoms with Crippen molar-refractivity contribution in [3.8, 4) is 0 Å². The van der Waals surface area contributed by atoms with Crippen LogP contribution in [0.5, 0.6) is 0 Å². The van der Waals surface area contributed by atoms with Crippen LogP contribution < -0.4 is 0 Å². The van der Waals surface area contributed by atoms with E-state index in [1.807, 2.05) is 12.4 Å². The van der Waals surface area contributed by atoms with Crippen molar-refractivity contribution in [1.29, 1.82) is 0 Å². The van der Waals surface area contributed by atoms with Gasteiger partial charge in [0.25, 0.3) is 0 Å². The van der Waals surface area contributed by atoms with Crippen LogP contribution in [0, 0.1) is 0 Å². The summed E-state index contributed by atoms with van der Waals surface area (Å²) in [6.07, 6.45) is 7.19. The molecule has 1 aliphatic heterocycles. The van der Waals surface area contributed by atoms with Crippen molar-refractivity contribution in [3.05, 3.63) is 25.2 Å². The SMILES string of the molecule is Br.C=CN1C=CN(CCC)C1. The van der Waals surface area contributed by atoms with Gasteiger partial charge in [0, 0.05) is 18.9 Å². The second kappa shape index (κ2) is 5.24. The molecular weight excluding hydrogens is 204 g/mol. The van der Waals surface area contributed by atoms with Crippen LogP contribution in [0.4, 0.5) is 0 Å². The van der Waals surface area contributed by atoms with Crippen molar-refractivity contribution in [2.45, 2.75) is 13.3 Å². The van der Waals surface area contributed by atoms with Crippen LogP contribution in [-0.2, 0) is 0 Å². The van der Waals surface area contributed by atoms with Crippen LogP contribution in [0.25, 0.3) is 0 Å². The number of rotatable bonds is 3. The summed E-state index contributed by atoms with van der Waals surface area (Å²) in [5.41, 5.74) is 0. The van der Waals surface area contributed by atoms with E-state index in [9.17, 15) is 0 Å². The van der Waals surface area contributed by atoms with Gasteiger partial charge in [-0.2, -0.15) is 0 Å². The molecule has 1 heterocycles. The van der Waals surface area contributed by atoms with E-state index in [-0.39, 0.29) is 17.0 Å². The first-order chi connectivity index (χ1) is 4.86. The standard InChI is InChI=1S/C8H14N2.BrH/c1-3-5-10-7-6-9(4-2)8-10;/h4,6-7H,2-3,5,8H2,1H3;1H. The highest BCUT2D eigenvalue weighted by atomic mass is 79.9. The van der Waals surface area contributed by atoms with E-state index in [2.05, 4.69) is 29.5 Å². The molecule has 1 aliphatic rings. The first-order valence-corrected chi connectivity index (χ1v) is 3.67. The third kappa shape index (κ3) is 2.97. The Bertz CT molecular complexity index is 145. The van der Waals surface area contributed by atoms with Crippen molar-refractivity contribution in [1.82, 2.24) is 9.80 Å². The Morgan fingerprint density at radius 2 is 2.27 bits per heavy atom. The summed E-state index contributed by atoms with van der Waals surface area (Å²) in [6.45, 7) is 7.98. The van der Waals surface area contributed by atoms with E-state index in [4.69, 9.17) is 0 Å². The molecule has 1 rings (SSSR count). The maximum atomic E-state index is 3.69. The summed E-state index contributed by atoms with van der Waals surface area (Å²) in [5, 5.41) is 0. The van der Waals surface area contributed by atoms with Gasteiger partial charge in [0.15, 0.2) is 0 Å². The molecule has 0 saturated heterocycles. The molecule has 2 nitrogen and oxygen atoms in total. The van der Waals surface area contributed by atoms with E-state index >= 15 is 0 Å². The first-order valence-electron chi connectivity index (χ1n) is 3.67. The third-order valence-electron chi connectivity index (χ3n) is 1.56. The molecule has 3 heteroatoms. The normalized spacial score (nSPS) is 15.0. The Labute approximate surface area is 78.9 Å². The highest BCUT2D eigenvalue weighted by molar-refractivity contribution is 8.93. The lowest BCUT2D eigenvalue weighted by molar-refractivity contribution is 0.315. The Morgan fingerprint density at radius 3 is 2.73 bits per heavy atom. The third-order valence-corrected chi connectivity index (χ3v) is 1.56. The molecule has 0 N–H and O–H groups in total. The van der Waals surface area contributed by atoms with E-state index < -0.39 is 0 Å². The lowest BCUT2D eigenvalue weighted by Crippen LogP contribution is -2.22. The van der Waals surface area contributed by atoms with Crippen LogP contribution in [0.15, 0.2) is 25.2 Å². The maximum absolute atomic E-state index is 3.69. The van der Waals surface area contributed by atoms with Crippen LogP contribution in [0.2, 0.25) is 0 Å². The lowest BCUT2D eigenvalue weighted by Gasteiger charge is -2.16. The molecule has 0 atom stereocenters. The van der Waals surface area contributed by atoms with Gasteiger partial charge in [0.2, 0.25) is 0 Å². The minimum Gasteiger partial charge on any atom is -0.358 e. The molecule has 0 aromatic rings. The summed E-state index contributed by atoms with van der Waals surface area (Å²) in [7, 11) is 0. The second-order valence-electron chi connectivity index (χ2n) is 2.45. The Morgan fingerprint density at radius 1 is 1.55 bits per heavy atom. The molecule has 64 valence electrons. The number of hydrogen-bond acceptors (Lipinski definition) is 2. The van der Waals surface area contributed by atoms with Gasteiger partial charge in [0.05, 0.1) is 6.67 Å². The molecule has 0 fully saturated rings. The molecule has 0 unspecified atom stereocenters. The van der Waals surface area contributed by atoms with Crippen molar-refractivity contribution in [2.24, 2.45) is 0 Å². The zero-order valence-corrected chi connectivity index (χ0v) is 8.58. The fourth-order valence-corrected chi connectivity index (χ4v) is 1.03.